The van der Waals surface area contributed by atoms with Gasteiger partial charge in [-0.1, -0.05) is 60.4 Å². The number of carbonyl (C=O) groups excluding carboxylic acids is 2. The van der Waals surface area contributed by atoms with E-state index in [0.29, 0.717) is 46.7 Å². The Hall–Kier alpha value is -2.84. The van der Waals surface area contributed by atoms with Crippen LogP contribution in [0.4, 0.5) is 0 Å². The fourth-order valence-corrected chi connectivity index (χ4v) is 4.68. The van der Waals surface area contributed by atoms with Gasteiger partial charge in [-0.3, -0.25) is 14.5 Å². The molecule has 4 rings (SSSR count). The van der Waals surface area contributed by atoms with Gasteiger partial charge in [0.05, 0.1) is 4.91 Å². The van der Waals surface area contributed by atoms with Gasteiger partial charge in [-0.15, -0.1) is 0 Å². The Labute approximate surface area is 190 Å². The van der Waals surface area contributed by atoms with Crippen LogP contribution in [0.15, 0.2) is 53.4 Å². The van der Waals surface area contributed by atoms with E-state index in [2.05, 4.69) is 0 Å². The van der Waals surface area contributed by atoms with Crippen molar-refractivity contribution < 1.29 is 19.1 Å². The maximum absolute atomic E-state index is 12.8. The summed E-state index contributed by atoms with van der Waals surface area (Å²) in [7, 11) is 1.79. The molecule has 0 unspecified atom stereocenters. The maximum Gasteiger partial charge on any atom is 0.266 e. The van der Waals surface area contributed by atoms with Gasteiger partial charge >= 0.3 is 0 Å². The predicted molar refractivity (Wildman–Crippen MR) is 125 cm³/mol. The molecule has 0 radical (unpaired) electrons. The third kappa shape index (κ3) is 5.08. The van der Waals surface area contributed by atoms with E-state index >= 15 is 0 Å². The van der Waals surface area contributed by atoms with Crippen molar-refractivity contribution in [1.29, 1.82) is 0 Å². The second kappa shape index (κ2) is 9.53. The minimum absolute atomic E-state index is 0.0465. The summed E-state index contributed by atoms with van der Waals surface area (Å²) in [5.74, 6) is 1.29. The quantitative estimate of drug-likeness (QED) is 0.465. The number of ether oxygens (including phenoxy) is 2. The molecule has 2 aromatic carbocycles. The van der Waals surface area contributed by atoms with Gasteiger partial charge in [-0.25, -0.2) is 0 Å². The average molecular weight is 455 g/mol. The molecule has 1 fully saturated rings. The fourth-order valence-electron chi connectivity index (χ4n) is 3.37. The number of thiocarbonyl (C=S) groups is 1. The Kier molecular flexibility index (Phi) is 6.58. The number of fused-ring (bicyclic) bond motifs is 1. The van der Waals surface area contributed by atoms with Crippen molar-refractivity contribution in [2.45, 2.75) is 19.4 Å². The summed E-state index contributed by atoms with van der Waals surface area (Å²) in [6, 6.07) is 15.4. The first-order chi connectivity index (χ1) is 15.0. The first-order valence-corrected chi connectivity index (χ1v) is 11.2. The van der Waals surface area contributed by atoms with Gasteiger partial charge in [-0.05, 0) is 35.8 Å². The Balaban J connectivity index is 1.30. The maximum atomic E-state index is 12.8. The molecule has 2 heterocycles. The smallest absolute Gasteiger partial charge is 0.266 e. The summed E-state index contributed by atoms with van der Waals surface area (Å²) in [6.45, 7) is 1.20. The van der Waals surface area contributed by atoms with Crippen molar-refractivity contribution in [3.05, 3.63) is 64.6 Å². The van der Waals surface area contributed by atoms with Crippen LogP contribution < -0.4 is 9.47 Å². The largest absolute Gasteiger partial charge is 0.454 e. The zero-order valence-corrected chi connectivity index (χ0v) is 18.7. The van der Waals surface area contributed by atoms with Crippen molar-refractivity contribution >= 4 is 46.2 Å². The van der Waals surface area contributed by atoms with Gasteiger partial charge in [0, 0.05) is 26.6 Å². The highest BCUT2D eigenvalue weighted by Crippen LogP contribution is 2.36. The fraction of sp³-hybridized carbons (Fsp3) is 0.261. The molecule has 0 bridgehead atoms. The third-order valence-electron chi connectivity index (χ3n) is 5.03. The van der Waals surface area contributed by atoms with Crippen molar-refractivity contribution in [3.63, 3.8) is 0 Å². The minimum atomic E-state index is -0.127. The first-order valence-electron chi connectivity index (χ1n) is 9.94. The van der Waals surface area contributed by atoms with Gasteiger partial charge in [0.1, 0.15) is 4.32 Å². The summed E-state index contributed by atoms with van der Waals surface area (Å²) in [4.78, 5) is 29.1. The normalized spacial score (nSPS) is 16.3. The molecule has 2 aliphatic rings. The van der Waals surface area contributed by atoms with Crippen LogP contribution in [0.3, 0.4) is 0 Å². The highest BCUT2D eigenvalue weighted by molar-refractivity contribution is 8.26. The summed E-state index contributed by atoms with van der Waals surface area (Å²) < 4.78 is 11.2. The Morgan fingerprint density at radius 3 is 2.77 bits per heavy atom. The zero-order chi connectivity index (χ0) is 21.8. The highest BCUT2D eigenvalue weighted by atomic mass is 32.2. The zero-order valence-electron chi connectivity index (χ0n) is 17.1. The van der Waals surface area contributed by atoms with Crippen molar-refractivity contribution in [3.8, 4) is 11.5 Å². The molecule has 6 nitrogen and oxygen atoms in total. The molecule has 2 aromatic rings. The van der Waals surface area contributed by atoms with Crippen LogP contribution in [-0.4, -0.2) is 46.3 Å². The van der Waals surface area contributed by atoms with Crippen LogP contribution in [-0.2, 0) is 16.1 Å². The highest BCUT2D eigenvalue weighted by Gasteiger charge is 2.31. The van der Waals surface area contributed by atoms with Crippen LogP contribution in [0, 0.1) is 0 Å². The van der Waals surface area contributed by atoms with Crippen molar-refractivity contribution in [2.24, 2.45) is 0 Å². The minimum Gasteiger partial charge on any atom is -0.454 e. The van der Waals surface area contributed by atoms with E-state index in [1.807, 2.05) is 48.5 Å². The molecule has 0 spiro atoms. The number of hydrogen-bond donors (Lipinski definition) is 0. The topological polar surface area (TPSA) is 59.1 Å². The number of hydrogen-bond acceptors (Lipinski definition) is 6. The Morgan fingerprint density at radius 1 is 1.19 bits per heavy atom. The monoisotopic (exact) mass is 454 g/mol. The summed E-state index contributed by atoms with van der Waals surface area (Å²) >= 11 is 6.67. The molecule has 0 N–H and O–H groups in total. The number of rotatable bonds is 7. The lowest BCUT2D eigenvalue weighted by Gasteiger charge is -2.19. The lowest BCUT2D eigenvalue weighted by molar-refractivity contribution is -0.131. The molecule has 0 atom stereocenters. The van der Waals surface area contributed by atoms with E-state index in [4.69, 9.17) is 21.7 Å². The average Bonchev–Trinajstić information content (AvgIpc) is 3.33. The number of benzene rings is 2. The number of thioether (sulfide) groups is 1. The second-order valence-electron chi connectivity index (χ2n) is 7.28. The standard InChI is InChI=1S/C23H22N2O4S2/c1-24(14-16-6-3-2-4-7-16)21(26)8-5-11-25-22(27)20(31-23(25)30)13-17-9-10-18-19(12-17)29-15-28-18/h2-4,6-7,9-10,12-13H,5,8,11,14-15H2,1H3. The molecule has 2 aliphatic heterocycles. The molecule has 0 aliphatic carbocycles. The molecule has 160 valence electrons. The number of nitrogens with zero attached hydrogens (tertiary/aromatic N) is 2. The first kappa shape index (κ1) is 21.4. The van der Waals surface area contributed by atoms with Crippen LogP contribution in [0.2, 0.25) is 0 Å². The molecule has 2 amide bonds. The van der Waals surface area contributed by atoms with E-state index in [0.717, 1.165) is 11.1 Å². The third-order valence-corrected chi connectivity index (χ3v) is 6.41. The van der Waals surface area contributed by atoms with E-state index < -0.39 is 0 Å². The second-order valence-corrected chi connectivity index (χ2v) is 8.96. The SMILES string of the molecule is CN(Cc1ccccc1)C(=O)CCCN1C(=O)C(=Cc2ccc3c(c2)OCO3)SC1=S. The van der Waals surface area contributed by atoms with Crippen LogP contribution in [0.5, 0.6) is 11.5 Å². The Bertz CT molecular complexity index is 1040. The number of carbonyl (C=O) groups is 2. The predicted octanol–water partition coefficient (Wildman–Crippen LogP) is 4.06. The molecule has 31 heavy (non-hydrogen) atoms. The van der Waals surface area contributed by atoms with Crippen molar-refractivity contribution in [1.82, 2.24) is 9.80 Å². The van der Waals surface area contributed by atoms with E-state index in [9.17, 15) is 9.59 Å². The molecule has 8 heteroatoms. The van der Waals surface area contributed by atoms with Gasteiger partial charge in [-0.2, -0.15) is 0 Å². The lowest BCUT2D eigenvalue weighted by Crippen LogP contribution is -2.31. The van der Waals surface area contributed by atoms with Gasteiger partial charge in [0.2, 0.25) is 12.7 Å². The van der Waals surface area contributed by atoms with Crippen molar-refractivity contribution in [2.75, 3.05) is 20.4 Å². The molecule has 1 saturated heterocycles. The number of amides is 2. The molecular weight excluding hydrogens is 432 g/mol. The van der Waals surface area contributed by atoms with E-state index in [1.165, 1.54) is 11.8 Å². The summed E-state index contributed by atoms with van der Waals surface area (Å²) in [5, 5.41) is 0. The summed E-state index contributed by atoms with van der Waals surface area (Å²) in [5.41, 5.74) is 1.94. The Morgan fingerprint density at radius 2 is 1.97 bits per heavy atom. The molecule has 0 aromatic heterocycles. The van der Waals surface area contributed by atoms with Crippen LogP contribution in [0.25, 0.3) is 6.08 Å². The lowest BCUT2D eigenvalue weighted by atomic mass is 10.2. The van der Waals surface area contributed by atoms with Gasteiger partial charge in [0.25, 0.3) is 5.91 Å². The van der Waals surface area contributed by atoms with Crippen LogP contribution >= 0.6 is 24.0 Å². The van der Waals surface area contributed by atoms with Crippen LogP contribution in [0.1, 0.15) is 24.0 Å². The van der Waals surface area contributed by atoms with E-state index in [1.54, 1.807) is 22.9 Å². The van der Waals surface area contributed by atoms with E-state index in [-0.39, 0.29) is 18.6 Å². The molecule has 0 saturated carbocycles. The molecular formula is C23H22N2O4S2. The summed E-state index contributed by atoms with van der Waals surface area (Å²) in [6.07, 6.45) is 2.73. The van der Waals surface area contributed by atoms with Gasteiger partial charge < -0.3 is 14.4 Å². The van der Waals surface area contributed by atoms with Gasteiger partial charge in [0.15, 0.2) is 11.5 Å².